The van der Waals surface area contributed by atoms with Gasteiger partial charge in [-0.25, -0.2) is 0 Å². The predicted molar refractivity (Wildman–Crippen MR) is 61.3 cm³/mol. The highest BCUT2D eigenvalue weighted by Crippen LogP contribution is 2.23. The molecule has 0 radical (unpaired) electrons. The molecule has 5 nitrogen and oxygen atoms in total. The van der Waals surface area contributed by atoms with E-state index in [2.05, 4.69) is 5.32 Å². The lowest BCUT2D eigenvalue weighted by atomic mass is 9.95. The summed E-state index contributed by atoms with van der Waals surface area (Å²) in [6.45, 7) is 0. The van der Waals surface area contributed by atoms with Crippen molar-refractivity contribution in [2.24, 2.45) is 5.73 Å². The van der Waals surface area contributed by atoms with Gasteiger partial charge in [0.15, 0.2) is 0 Å². The van der Waals surface area contributed by atoms with E-state index in [1.165, 1.54) is 0 Å². The Hall–Kier alpha value is -1.88. The number of carbonyl (C=O) groups is 2. The summed E-state index contributed by atoms with van der Waals surface area (Å²) in [6, 6.07) is 6.72. The molecule has 1 saturated heterocycles. The second-order valence-electron chi connectivity index (χ2n) is 4.21. The number of aliphatic carboxylic acids is 1. The minimum Gasteiger partial charge on any atom is -0.480 e. The standard InChI is InChI=1S/C12H14N2O3/c13-9(12(16)17)5-7-1-3-8(4-2-7)10-6-11(15)14-10/h1-4,9-10H,5-6,13H2,(H,14,15)(H,16,17). The van der Waals surface area contributed by atoms with Gasteiger partial charge in [-0.1, -0.05) is 24.3 Å². The highest BCUT2D eigenvalue weighted by atomic mass is 16.4. The monoisotopic (exact) mass is 234 g/mol. The van der Waals surface area contributed by atoms with Crippen LogP contribution in [0.25, 0.3) is 0 Å². The number of benzene rings is 1. The Kier molecular flexibility index (Phi) is 3.10. The van der Waals surface area contributed by atoms with Gasteiger partial charge in [-0.05, 0) is 17.5 Å². The van der Waals surface area contributed by atoms with Crippen molar-refractivity contribution in [2.45, 2.75) is 24.9 Å². The van der Waals surface area contributed by atoms with E-state index < -0.39 is 12.0 Å². The number of carboxylic acids is 1. The molecule has 2 rings (SSSR count). The van der Waals surface area contributed by atoms with Gasteiger partial charge in [-0.3, -0.25) is 9.59 Å². The molecule has 1 fully saturated rings. The second kappa shape index (κ2) is 4.55. The molecule has 0 saturated carbocycles. The number of amides is 1. The summed E-state index contributed by atoms with van der Waals surface area (Å²) in [5, 5.41) is 11.5. The Morgan fingerprint density at radius 1 is 1.47 bits per heavy atom. The van der Waals surface area contributed by atoms with E-state index in [1.807, 2.05) is 24.3 Å². The van der Waals surface area contributed by atoms with Gasteiger partial charge < -0.3 is 16.2 Å². The first-order chi connectivity index (χ1) is 8.06. The third-order valence-corrected chi connectivity index (χ3v) is 2.88. The normalized spacial score (nSPS) is 20.3. The van der Waals surface area contributed by atoms with Gasteiger partial charge in [-0.15, -0.1) is 0 Å². The van der Waals surface area contributed by atoms with Crippen molar-refractivity contribution in [3.63, 3.8) is 0 Å². The third kappa shape index (κ3) is 2.62. The smallest absolute Gasteiger partial charge is 0.320 e. The first-order valence-corrected chi connectivity index (χ1v) is 5.43. The molecule has 1 aliphatic rings. The maximum Gasteiger partial charge on any atom is 0.320 e. The average Bonchev–Trinajstić information content (AvgIpc) is 2.26. The predicted octanol–water partition coefficient (Wildman–Crippen LogP) is 0.202. The van der Waals surface area contributed by atoms with Gasteiger partial charge in [0.1, 0.15) is 6.04 Å². The highest BCUT2D eigenvalue weighted by molar-refractivity contribution is 5.83. The largest absolute Gasteiger partial charge is 0.480 e. The van der Waals surface area contributed by atoms with Crippen molar-refractivity contribution < 1.29 is 14.7 Å². The van der Waals surface area contributed by atoms with E-state index in [4.69, 9.17) is 10.8 Å². The summed E-state index contributed by atoms with van der Waals surface area (Å²) < 4.78 is 0. The molecule has 1 aromatic rings. The van der Waals surface area contributed by atoms with E-state index in [9.17, 15) is 9.59 Å². The van der Waals surface area contributed by atoms with E-state index in [0.717, 1.165) is 11.1 Å². The molecule has 1 aromatic carbocycles. The summed E-state index contributed by atoms with van der Waals surface area (Å²) >= 11 is 0. The number of carbonyl (C=O) groups excluding carboxylic acids is 1. The van der Waals surface area contributed by atoms with Crippen LogP contribution in [0, 0.1) is 0 Å². The van der Waals surface area contributed by atoms with Gasteiger partial charge in [0.05, 0.1) is 12.5 Å². The Balaban J connectivity index is 1.98. The van der Waals surface area contributed by atoms with E-state index >= 15 is 0 Å². The van der Waals surface area contributed by atoms with E-state index in [0.29, 0.717) is 12.8 Å². The Morgan fingerprint density at radius 3 is 2.53 bits per heavy atom. The van der Waals surface area contributed by atoms with Crippen LogP contribution < -0.4 is 11.1 Å². The summed E-state index contributed by atoms with van der Waals surface area (Å²) in [5.74, 6) is -0.938. The molecule has 4 N–H and O–H groups in total. The van der Waals surface area contributed by atoms with Crippen molar-refractivity contribution >= 4 is 11.9 Å². The van der Waals surface area contributed by atoms with E-state index in [1.54, 1.807) is 0 Å². The molecular weight excluding hydrogens is 220 g/mol. The van der Waals surface area contributed by atoms with Crippen LogP contribution >= 0.6 is 0 Å². The van der Waals surface area contributed by atoms with Crippen LogP contribution in [-0.4, -0.2) is 23.0 Å². The third-order valence-electron chi connectivity index (χ3n) is 2.88. The minimum absolute atomic E-state index is 0.0620. The topological polar surface area (TPSA) is 92.4 Å². The molecule has 2 atom stereocenters. The van der Waals surface area contributed by atoms with E-state index in [-0.39, 0.29) is 11.9 Å². The Bertz CT molecular complexity index is 434. The maximum absolute atomic E-state index is 10.8. The van der Waals surface area contributed by atoms with Crippen molar-refractivity contribution in [3.8, 4) is 0 Å². The maximum atomic E-state index is 10.8. The van der Waals surface area contributed by atoms with Crippen LogP contribution in [0.5, 0.6) is 0 Å². The molecule has 2 unspecified atom stereocenters. The van der Waals surface area contributed by atoms with Crippen molar-refractivity contribution in [3.05, 3.63) is 35.4 Å². The molecule has 5 heteroatoms. The molecule has 0 aromatic heterocycles. The van der Waals surface area contributed by atoms with Crippen LogP contribution in [0.3, 0.4) is 0 Å². The van der Waals surface area contributed by atoms with Crippen LogP contribution in [0.2, 0.25) is 0 Å². The minimum atomic E-state index is -1.000. The summed E-state index contributed by atoms with van der Waals surface area (Å²) in [7, 11) is 0. The molecule has 1 heterocycles. The number of nitrogens with two attached hydrogens (primary N) is 1. The lowest BCUT2D eigenvalue weighted by molar-refractivity contribution is -0.138. The fourth-order valence-corrected chi connectivity index (χ4v) is 1.79. The number of rotatable bonds is 4. The number of β-lactam (4-membered cyclic amide) rings is 1. The van der Waals surface area contributed by atoms with Crippen molar-refractivity contribution in [1.82, 2.24) is 5.32 Å². The second-order valence-corrected chi connectivity index (χ2v) is 4.21. The molecule has 1 aliphatic heterocycles. The molecule has 0 spiro atoms. The summed E-state index contributed by atoms with van der Waals surface area (Å²) in [4.78, 5) is 21.4. The van der Waals surface area contributed by atoms with Gasteiger partial charge in [-0.2, -0.15) is 0 Å². The van der Waals surface area contributed by atoms with Gasteiger partial charge in [0.25, 0.3) is 0 Å². The fraction of sp³-hybridized carbons (Fsp3) is 0.333. The fourth-order valence-electron chi connectivity index (χ4n) is 1.79. The molecule has 0 aliphatic carbocycles. The zero-order valence-electron chi connectivity index (χ0n) is 9.22. The molecule has 0 bridgehead atoms. The van der Waals surface area contributed by atoms with Crippen molar-refractivity contribution in [2.75, 3.05) is 0 Å². The van der Waals surface area contributed by atoms with Crippen LogP contribution in [-0.2, 0) is 16.0 Å². The van der Waals surface area contributed by atoms with Crippen LogP contribution in [0.15, 0.2) is 24.3 Å². The zero-order valence-corrected chi connectivity index (χ0v) is 9.22. The SMILES string of the molecule is NC(Cc1ccc(C2CC(=O)N2)cc1)C(=O)O. The van der Waals surface area contributed by atoms with Crippen molar-refractivity contribution in [1.29, 1.82) is 0 Å². The zero-order chi connectivity index (χ0) is 12.4. The number of carboxylic acid groups (broad SMARTS) is 1. The van der Waals surface area contributed by atoms with Crippen LogP contribution in [0.1, 0.15) is 23.6 Å². The highest BCUT2D eigenvalue weighted by Gasteiger charge is 2.26. The number of nitrogens with one attached hydrogen (secondary N) is 1. The molecule has 90 valence electrons. The van der Waals surface area contributed by atoms with Gasteiger partial charge in [0.2, 0.25) is 5.91 Å². The first-order valence-electron chi connectivity index (χ1n) is 5.43. The average molecular weight is 234 g/mol. The lowest BCUT2D eigenvalue weighted by Crippen LogP contribution is -2.41. The first kappa shape index (κ1) is 11.6. The van der Waals surface area contributed by atoms with Crippen LogP contribution in [0.4, 0.5) is 0 Å². The summed E-state index contributed by atoms with van der Waals surface area (Å²) in [5.41, 5.74) is 7.37. The molecule has 1 amide bonds. The molecule has 17 heavy (non-hydrogen) atoms. The number of hydrogen-bond donors (Lipinski definition) is 3. The Labute approximate surface area is 98.6 Å². The van der Waals surface area contributed by atoms with Gasteiger partial charge in [0, 0.05) is 0 Å². The Morgan fingerprint density at radius 2 is 2.06 bits per heavy atom. The summed E-state index contributed by atoms with van der Waals surface area (Å²) in [6.07, 6.45) is 0.834. The quantitative estimate of drug-likeness (QED) is 0.649. The molecular formula is C12H14N2O3. The number of hydrogen-bond acceptors (Lipinski definition) is 3. The lowest BCUT2D eigenvalue weighted by Gasteiger charge is -2.27. The van der Waals surface area contributed by atoms with Gasteiger partial charge >= 0.3 is 5.97 Å².